The third-order valence-electron chi connectivity index (χ3n) is 5.53. The van der Waals surface area contributed by atoms with E-state index in [0.29, 0.717) is 11.3 Å². The van der Waals surface area contributed by atoms with Crippen molar-refractivity contribution in [3.8, 4) is 5.75 Å². The first kappa shape index (κ1) is 16.6. The fraction of sp³-hybridized carbons (Fsp3) is 0.500. The molecule has 132 valence electrons. The molecule has 1 saturated heterocycles. The van der Waals surface area contributed by atoms with Crippen LogP contribution in [0.25, 0.3) is 0 Å². The molecular formula is C18H17BrO6. The Balaban J connectivity index is 1.43. The highest BCUT2D eigenvalue weighted by Gasteiger charge is 2.68. The number of fused-ring (bicyclic) bond motifs is 1. The van der Waals surface area contributed by atoms with Crippen LogP contribution in [0.15, 0.2) is 24.3 Å². The molecule has 0 unspecified atom stereocenters. The summed E-state index contributed by atoms with van der Waals surface area (Å²) in [5.74, 6) is -1.41. The van der Waals surface area contributed by atoms with E-state index in [-0.39, 0.29) is 41.1 Å². The number of rotatable bonds is 5. The number of benzene rings is 1. The van der Waals surface area contributed by atoms with E-state index in [0.717, 1.165) is 6.42 Å². The van der Waals surface area contributed by atoms with Crippen LogP contribution in [0, 0.1) is 23.7 Å². The van der Waals surface area contributed by atoms with Crippen molar-refractivity contribution >= 4 is 33.7 Å². The van der Waals surface area contributed by atoms with Crippen molar-refractivity contribution in [2.75, 3.05) is 13.7 Å². The highest BCUT2D eigenvalue weighted by atomic mass is 79.9. The highest BCUT2D eigenvalue weighted by Crippen LogP contribution is 2.60. The molecule has 1 aromatic carbocycles. The number of methoxy groups -OCH3 is 1. The Morgan fingerprint density at radius 3 is 2.88 bits per heavy atom. The van der Waals surface area contributed by atoms with Gasteiger partial charge in [-0.05, 0) is 24.5 Å². The standard InChI is InChI=1S/C18H17BrO6/c1-23-9-4-2-3-8(5-9)12(20)7-24-17(21)13-10-6-11-14(13)18(22)25-16(11)15(10)19/h2-5,10-11,13-16H,6-7H2,1H3/t10-,11-,13-,14+,15-,16+/m1/s1. The second kappa shape index (κ2) is 6.12. The second-order valence-electron chi connectivity index (χ2n) is 6.72. The van der Waals surface area contributed by atoms with Gasteiger partial charge in [-0.3, -0.25) is 14.4 Å². The molecule has 0 aromatic heterocycles. The van der Waals surface area contributed by atoms with Crippen LogP contribution in [0.2, 0.25) is 0 Å². The Bertz CT molecular complexity index is 747. The molecule has 6 atom stereocenters. The van der Waals surface area contributed by atoms with Gasteiger partial charge in [0.2, 0.25) is 0 Å². The van der Waals surface area contributed by atoms with Gasteiger partial charge in [-0.2, -0.15) is 0 Å². The van der Waals surface area contributed by atoms with Crippen LogP contribution in [-0.2, 0) is 19.1 Å². The molecule has 25 heavy (non-hydrogen) atoms. The number of ketones is 1. The lowest BCUT2D eigenvalue weighted by molar-refractivity contribution is -0.154. The van der Waals surface area contributed by atoms with Gasteiger partial charge in [-0.1, -0.05) is 28.1 Å². The lowest BCUT2D eigenvalue weighted by atomic mass is 9.80. The van der Waals surface area contributed by atoms with Gasteiger partial charge in [-0.25, -0.2) is 0 Å². The molecule has 7 heteroatoms. The number of Topliss-reactive ketones (excluding diaryl/α,β-unsaturated/α-hetero) is 1. The van der Waals surface area contributed by atoms with Crippen LogP contribution in [-0.4, -0.2) is 42.4 Å². The minimum Gasteiger partial charge on any atom is -0.497 e. The van der Waals surface area contributed by atoms with Gasteiger partial charge in [-0.15, -0.1) is 0 Å². The van der Waals surface area contributed by atoms with E-state index in [1.165, 1.54) is 7.11 Å². The number of esters is 2. The molecule has 2 saturated carbocycles. The Kier molecular flexibility index (Phi) is 4.06. The summed E-state index contributed by atoms with van der Waals surface area (Å²) in [6.07, 6.45) is 0.644. The average Bonchev–Trinajstić information content (AvgIpc) is 3.23. The van der Waals surface area contributed by atoms with E-state index in [4.69, 9.17) is 14.2 Å². The van der Waals surface area contributed by atoms with Gasteiger partial charge in [0, 0.05) is 11.5 Å². The van der Waals surface area contributed by atoms with Crippen molar-refractivity contribution in [1.29, 1.82) is 0 Å². The first-order valence-electron chi connectivity index (χ1n) is 8.19. The highest BCUT2D eigenvalue weighted by molar-refractivity contribution is 9.09. The first-order chi connectivity index (χ1) is 12.0. The van der Waals surface area contributed by atoms with Crippen LogP contribution in [0.3, 0.4) is 0 Å². The smallest absolute Gasteiger partial charge is 0.310 e. The summed E-state index contributed by atoms with van der Waals surface area (Å²) in [7, 11) is 1.52. The Labute approximate surface area is 152 Å². The zero-order valence-electron chi connectivity index (χ0n) is 13.5. The maximum Gasteiger partial charge on any atom is 0.310 e. The maximum atomic E-state index is 12.5. The van der Waals surface area contributed by atoms with Gasteiger partial charge in [0.15, 0.2) is 12.4 Å². The molecule has 1 aliphatic heterocycles. The largest absolute Gasteiger partial charge is 0.497 e. The van der Waals surface area contributed by atoms with Gasteiger partial charge < -0.3 is 14.2 Å². The van der Waals surface area contributed by atoms with E-state index < -0.39 is 17.8 Å². The summed E-state index contributed by atoms with van der Waals surface area (Å²) < 4.78 is 15.7. The summed E-state index contributed by atoms with van der Waals surface area (Å²) in [5, 5.41) is 0. The minimum atomic E-state index is -0.529. The fourth-order valence-corrected chi connectivity index (χ4v) is 5.45. The summed E-state index contributed by atoms with van der Waals surface area (Å²) in [6.45, 7) is -0.349. The van der Waals surface area contributed by atoms with Crippen LogP contribution >= 0.6 is 15.9 Å². The molecule has 2 aliphatic carbocycles. The van der Waals surface area contributed by atoms with Crippen LogP contribution < -0.4 is 4.74 Å². The summed E-state index contributed by atoms with van der Waals surface area (Å²) in [5.41, 5.74) is 0.416. The van der Waals surface area contributed by atoms with Crippen molar-refractivity contribution in [3.63, 3.8) is 0 Å². The topological polar surface area (TPSA) is 78.9 Å². The van der Waals surface area contributed by atoms with Crippen LogP contribution in [0.4, 0.5) is 0 Å². The van der Waals surface area contributed by atoms with Crippen LogP contribution in [0.5, 0.6) is 5.75 Å². The molecule has 2 bridgehead atoms. The predicted molar refractivity (Wildman–Crippen MR) is 89.5 cm³/mol. The number of ether oxygens (including phenoxy) is 3. The molecule has 0 spiro atoms. The van der Waals surface area contributed by atoms with E-state index in [1.54, 1.807) is 24.3 Å². The Hall–Kier alpha value is -1.89. The predicted octanol–water partition coefficient (Wildman–Crippen LogP) is 1.99. The quantitative estimate of drug-likeness (QED) is 0.421. The van der Waals surface area contributed by atoms with Crippen molar-refractivity contribution in [2.45, 2.75) is 17.4 Å². The third-order valence-corrected chi connectivity index (χ3v) is 6.73. The fourth-order valence-electron chi connectivity index (χ4n) is 4.41. The van der Waals surface area contributed by atoms with Crippen molar-refractivity contribution < 1.29 is 28.6 Å². The van der Waals surface area contributed by atoms with Gasteiger partial charge >= 0.3 is 11.9 Å². The van der Waals surface area contributed by atoms with Crippen LogP contribution in [0.1, 0.15) is 16.8 Å². The summed E-state index contributed by atoms with van der Waals surface area (Å²) in [6, 6.07) is 6.68. The van der Waals surface area contributed by atoms with E-state index >= 15 is 0 Å². The lowest BCUT2D eigenvalue weighted by Gasteiger charge is -2.26. The first-order valence-corrected chi connectivity index (χ1v) is 9.11. The SMILES string of the molecule is COc1cccc(C(=O)COC(=O)[C@@H]2[C@H]3C[C@H]4[C@H](OC(=O)[C@@H]42)[C@@H]3Br)c1. The van der Waals surface area contributed by atoms with Crippen molar-refractivity contribution in [1.82, 2.24) is 0 Å². The van der Waals surface area contributed by atoms with Crippen molar-refractivity contribution in [3.05, 3.63) is 29.8 Å². The molecule has 4 rings (SSSR count). The molecular weight excluding hydrogens is 392 g/mol. The van der Waals surface area contributed by atoms with E-state index in [2.05, 4.69) is 15.9 Å². The van der Waals surface area contributed by atoms with E-state index in [9.17, 15) is 14.4 Å². The summed E-state index contributed by atoms with van der Waals surface area (Å²) in [4.78, 5) is 36.8. The molecule has 3 fully saturated rings. The number of hydrogen-bond acceptors (Lipinski definition) is 6. The number of alkyl halides is 1. The third kappa shape index (κ3) is 2.56. The van der Waals surface area contributed by atoms with Gasteiger partial charge in [0.05, 0.1) is 23.8 Å². The lowest BCUT2D eigenvalue weighted by Crippen LogP contribution is -2.39. The number of carbonyl (C=O) groups is 3. The summed E-state index contributed by atoms with van der Waals surface area (Å²) >= 11 is 3.55. The maximum absolute atomic E-state index is 12.5. The van der Waals surface area contributed by atoms with Crippen molar-refractivity contribution in [2.24, 2.45) is 23.7 Å². The average molecular weight is 409 g/mol. The molecule has 0 radical (unpaired) electrons. The Morgan fingerprint density at radius 2 is 2.12 bits per heavy atom. The molecule has 3 aliphatic rings. The molecule has 6 nitrogen and oxygen atoms in total. The molecule has 1 heterocycles. The number of hydrogen-bond donors (Lipinski definition) is 0. The normalized spacial score (nSPS) is 34.7. The van der Waals surface area contributed by atoms with E-state index in [1.807, 2.05) is 0 Å². The van der Waals surface area contributed by atoms with Gasteiger partial charge in [0.25, 0.3) is 0 Å². The Morgan fingerprint density at radius 1 is 1.32 bits per heavy atom. The molecule has 0 N–H and O–H groups in total. The molecule has 1 aromatic rings. The molecule has 0 amide bonds. The number of carbonyl (C=O) groups excluding carboxylic acids is 3. The zero-order chi connectivity index (χ0) is 17.7. The number of halogens is 1. The second-order valence-corrected chi connectivity index (χ2v) is 7.78. The van der Waals surface area contributed by atoms with Gasteiger partial charge in [0.1, 0.15) is 11.9 Å². The zero-order valence-corrected chi connectivity index (χ0v) is 15.1. The monoisotopic (exact) mass is 408 g/mol. The minimum absolute atomic E-state index is 0.0193.